The maximum absolute atomic E-state index is 13.2. The van der Waals surface area contributed by atoms with Gasteiger partial charge in [0.2, 0.25) is 5.91 Å². The maximum atomic E-state index is 13.2. The van der Waals surface area contributed by atoms with E-state index >= 15 is 0 Å². The van der Waals surface area contributed by atoms with E-state index < -0.39 is 6.04 Å². The van der Waals surface area contributed by atoms with Crippen molar-refractivity contribution in [2.45, 2.75) is 31.8 Å². The summed E-state index contributed by atoms with van der Waals surface area (Å²) < 4.78 is 0. The van der Waals surface area contributed by atoms with Crippen LogP contribution in [-0.2, 0) is 11.2 Å². The number of nitrogens with one attached hydrogen (secondary N) is 2. The first-order chi connectivity index (χ1) is 13.2. The molecule has 5 nitrogen and oxygen atoms in total. The molecule has 0 saturated carbocycles. The second-order valence-electron chi connectivity index (χ2n) is 7.28. The average molecular weight is 359 g/mol. The third kappa shape index (κ3) is 2.24. The molecule has 0 spiro atoms. The molecule has 1 aromatic heterocycles. The molecule has 2 amide bonds. The minimum absolute atomic E-state index is 0.0587. The van der Waals surface area contributed by atoms with Gasteiger partial charge in [-0.1, -0.05) is 43.3 Å². The monoisotopic (exact) mass is 359 g/mol. The Morgan fingerprint density at radius 2 is 1.96 bits per heavy atom. The van der Waals surface area contributed by atoms with Gasteiger partial charge in [0.05, 0.1) is 6.04 Å². The second-order valence-corrected chi connectivity index (χ2v) is 7.28. The number of aromatic nitrogens is 1. The van der Waals surface area contributed by atoms with E-state index in [1.54, 1.807) is 4.90 Å². The third-order valence-corrected chi connectivity index (χ3v) is 5.70. The molecule has 2 aliphatic heterocycles. The van der Waals surface area contributed by atoms with Crippen LogP contribution in [0, 0.1) is 0 Å². The van der Waals surface area contributed by atoms with Crippen molar-refractivity contribution >= 4 is 22.7 Å². The van der Waals surface area contributed by atoms with Crippen molar-refractivity contribution < 1.29 is 9.59 Å². The van der Waals surface area contributed by atoms with Crippen LogP contribution in [0.5, 0.6) is 0 Å². The zero-order valence-electron chi connectivity index (χ0n) is 15.2. The molecule has 1 unspecified atom stereocenters. The highest BCUT2D eigenvalue weighted by atomic mass is 16.2. The zero-order valence-corrected chi connectivity index (χ0v) is 15.2. The van der Waals surface area contributed by atoms with Crippen molar-refractivity contribution in [1.82, 2.24) is 15.2 Å². The Labute approximate surface area is 157 Å². The molecule has 2 aliphatic rings. The van der Waals surface area contributed by atoms with Crippen LogP contribution < -0.4 is 5.32 Å². The smallest absolute Gasteiger partial charge is 0.255 e. The van der Waals surface area contributed by atoms with Crippen LogP contribution in [0.1, 0.15) is 46.6 Å². The number of amides is 2. The normalized spacial score (nSPS) is 20.3. The molecule has 27 heavy (non-hydrogen) atoms. The number of hydrogen-bond acceptors (Lipinski definition) is 2. The van der Waals surface area contributed by atoms with E-state index in [9.17, 15) is 9.59 Å². The largest absolute Gasteiger partial charge is 0.356 e. The Morgan fingerprint density at radius 1 is 1.19 bits per heavy atom. The minimum Gasteiger partial charge on any atom is -0.356 e. The van der Waals surface area contributed by atoms with Crippen molar-refractivity contribution in [3.05, 3.63) is 70.9 Å². The Balaban J connectivity index is 1.71. The summed E-state index contributed by atoms with van der Waals surface area (Å²) in [5.41, 5.74) is 4.90. The number of nitrogens with zero attached hydrogens (tertiary/aromatic N) is 1. The average Bonchev–Trinajstić information content (AvgIpc) is 3.22. The van der Waals surface area contributed by atoms with E-state index in [2.05, 4.69) is 16.4 Å². The molecule has 136 valence electrons. The molecular weight excluding hydrogens is 338 g/mol. The summed E-state index contributed by atoms with van der Waals surface area (Å²) >= 11 is 0. The van der Waals surface area contributed by atoms with Crippen LogP contribution in [0.3, 0.4) is 0 Å². The van der Waals surface area contributed by atoms with E-state index in [0.717, 1.165) is 34.1 Å². The van der Waals surface area contributed by atoms with Crippen LogP contribution in [-0.4, -0.2) is 34.3 Å². The first kappa shape index (κ1) is 16.1. The summed E-state index contributed by atoms with van der Waals surface area (Å²) in [5, 5.41) is 4.13. The van der Waals surface area contributed by atoms with E-state index in [4.69, 9.17) is 0 Å². The molecule has 3 heterocycles. The molecule has 2 N–H and O–H groups in total. The van der Waals surface area contributed by atoms with Gasteiger partial charge < -0.3 is 15.2 Å². The van der Waals surface area contributed by atoms with Gasteiger partial charge in [-0.25, -0.2) is 0 Å². The van der Waals surface area contributed by atoms with Gasteiger partial charge in [0.15, 0.2) is 0 Å². The number of rotatable bonds is 3. The van der Waals surface area contributed by atoms with Gasteiger partial charge in [-0.05, 0) is 29.7 Å². The fraction of sp³-hybridized carbons (Fsp3) is 0.273. The van der Waals surface area contributed by atoms with E-state index in [1.165, 1.54) is 0 Å². The standard InChI is InChI=1S/C22H21N3O2/c1-2-11-23-21(26)18-12-16-13-7-5-6-10-17(13)24-19(16)20-14-8-3-4-9-15(14)22(27)25(18)20/h3-10,18,20,24H,2,11-12H2,1H3,(H,23,26)/t18-,20?/m0/s1. The van der Waals surface area contributed by atoms with Crippen molar-refractivity contribution in [1.29, 1.82) is 0 Å². The highest BCUT2D eigenvalue weighted by Gasteiger charge is 2.48. The Kier molecular flexibility index (Phi) is 3.57. The summed E-state index contributed by atoms with van der Waals surface area (Å²) in [7, 11) is 0. The first-order valence-corrected chi connectivity index (χ1v) is 9.49. The molecule has 2 atom stereocenters. The van der Waals surface area contributed by atoms with Gasteiger partial charge in [0.1, 0.15) is 6.04 Å². The molecule has 0 fully saturated rings. The van der Waals surface area contributed by atoms with Crippen LogP contribution >= 0.6 is 0 Å². The number of carbonyl (C=O) groups excluding carboxylic acids is 2. The number of para-hydroxylation sites is 1. The predicted molar refractivity (Wildman–Crippen MR) is 104 cm³/mol. The summed E-state index contributed by atoms with van der Waals surface area (Å²) in [6.07, 6.45) is 1.40. The van der Waals surface area contributed by atoms with E-state index in [1.807, 2.05) is 49.4 Å². The molecule has 3 aromatic rings. The molecule has 0 radical (unpaired) electrons. The fourth-order valence-corrected chi connectivity index (χ4v) is 4.50. The highest BCUT2D eigenvalue weighted by molar-refractivity contribution is 6.03. The number of carbonyl (C=O) groups is 2. The zero-order chi connectivity index (χ0) is 18.5. The van der Waals surface area contributed by atoms with Gasteiger partial charge in [-0.3, -0.25) is 9.59 Å². The van der Waals surface area contributed by atoms with Crippen molar-refractivity contribution in [3.63, 3.8) is 0 Å². The molecular formula is C22H21N3O2. The maximum Gasteiger partial charge on any atom is 0.255 e. The lowest BCUT2D eigenvalue weighted by atomic mass is 9.90. The van der Waals surface area contributed by atoms with E-state index in [-0.39, 0.29) is 17.9 Å². The van der Waals surface area contributed by atoms with E-state index in [0.29, 0.717) is 18.5 Å². The van der Waals surface area contributed by atoms with Gasteiger partial charge in [0, 0.05) is 35.1 Å². The van der Waals surface area contributed by atoms with Gasteiger partial charge in [0.25, 0.3) is 5.91 Å². The Hall–Kier alpha value is -3.08. The molecule has 0 aliphatic carbocycles. The van der Waals surface area contributed by atoms with Gasteiger partial charge in [-0.15, -0.1) is 0 Å². The number of benzene rings is 2. The van der Waals surface area contributed by atoms with Crippen LogP contribution in [0.2, 0.25) is 0 Å². The van der Waals surface area contributed by atoms with Crippen molar-refractivity contribution in [2.75, 3.05) is 6.54 Å². The second kappa shape index (κ2) is 5.98. The molecule has 0 bridgehead atoms. The molecule has 5 rings (SSSR count). The number of hydrogen-bond donors (Lipinski definition) is 2. The fourth-order valence-electron chi connectivity index (χ4n) is 4.50. The quantitative estimate of drug-likeness (QED) is 0.754. The summed E-state index contributed by atoms with van der Waals surface area (Å²) in [4.78, 5) is 31.4. The summed E-state index contributed by atoms with van der Waals surface area (Å²) in [6, 6.07) is 15.1. The lowest BCUT2D eigenvalue weighted by Crippen LogP contribution is -2.52. The molecule has 5 heteroatoms. The Morgan fingerprint density at radius 3 is 2.81 bits per heavy atom. The van der Waals surface area contributed by atoms with Crippen molar-refractivity contribution in [2.24, 2.45) is 0 Å². The third-order valence-electron chi connectivity index (χ3n) is 5.70. The number of aromatic amines is 1. The van der Waals surface area contributed by atoms with Crippen molar-refractivity contribution in [3.8, 4) is 0 Å². The first-order valence-electron chi connectivity index (χ1n) is 9.49. The highest BCUT2D eigenvalue weighted by Crippen LogP contribution is 2.46. The van der Waals surface area contributed by atoms with Gasteiger partial charge >= 0.3 is 0 Å². The predicted octanol–water partition coefficient (Wildman–Crippen LogP) is 3.16. The summed E-state index contributed by atoms with van der Waals surface area (Å²) in [5.74, 6) is -0.129. The van der Waals surface area contributed by atoms with Gasteiger partial charge in [-0.2, -0.15) is 0 Å². The Bertz CT molecular complexity index is 1070. The SMILES string of the molecule is CCCNC(=O)[C@@H]1Cc2c([nH]c3ccccc23)C2c3ccccc3C(=O)N21. The molecule has 0 saturated heterocycles. The van der Waals surface area contributed by atoms with Crippen LogP contribution in [0.25, 0.3) is 10.9 Å². The number of fused-ring (bicyclic) bond motifs is 7. The topological polar surface area (TPSA) is 65.2 Å². The minimum atomic E-state index is -0.492. The lowest BCUT2D eigenvalue weighted by molar-refractivity contribution is -0.126. The van der Waals surface area contributed by atoms with Crippen LogP contribution in [0.4, 0.5) is 0 Å². The molecule has 2 aromatic carbocycles. The lowest BCUT2D eigenvalue weighted by Gasteiger charge is -2.37. The number of H-pyrrole nitrogens is 1. The van der Waals surface area contributed by atoms with Crippen LogP contribution in [0.15, 0.2) is 48.5 Å². The summed E-state index contributed by atoms with van der Waals surface area (Å²) in [6.45, 7) is 2.65.